The molecule has 1 N–H and O–H groups in total. The van der Waals surface area contributed by atoms with Crippen LogP contribution in [0.5, 0.6) is 28.7 Å². The Bertz CT molecular complexity index is 911. The van der Waals surface area contributed by atoms with Crippen molar-refractivity contribution >= 4 is 0 Å². The van der Waals surface area contributed by atoms with E-state index in [1.54, 1.807) is 26.4 Å². The number of aromatic hydroxyl groups is 1. The highest BCUT2D eigenvalue weighted by molar-refractivity contribution is 5.81. The van der Waals surface area contributed by atoms with Crippen LogP contribution in [0.4, 0.5) is 0 Å². The van der Waals surface area contributed by atoms with E-state index in [0.29, 0.717) is 23.0 Å². The quantitative estimate of drug-likeness (QED) is 0.806. The molecule has 0 aromatic heterocycles. The SMILES string of the molecule is COc1cc(-c2c(C3OC(OC)C(C)C3C)cc3c(c2OC)OCO3)ccc1O. The molecule has 29 heavy (non-hydrogen) atoms. The van der Waals surface area contributed by atoms with E-state index < -0.39 is 0 Å². The van der Waals surface area contributed by atoms with Gasteiger partial charge in [-0.1, -0.05) is 19.9 Å². The van der Waals surface area contributed by atoms with Crippen LogP contribution in [0.25, 0.3) is 11.1 Å². The zero-order chi connectivity index (χ0) is 20.7. The Balaban J connectivity index is 1.94. The smallest absolute Gasteiger partial charge is 0.231 e. The first kappa shape index (κ1) is 19.7. The zero-order valence-corrected chi connectivity index (χ0v) is 17.2. The van der Waals surface area contributed by atoms with Gasteiger partial charge in [0.2, 0.25) is 12.5 Å². The third-order valence-electron chi connectivity index (χ3n) is 5.88. The predicted molar refractivity (Wildman–Crippen MR) is 106 cm³/mol. The van der Waals surface area contributed by atoms with Gasteiger partial charge in [0, 0.05) is 18.6 Å². The van der Waals surface area contributed by atoms with Crippen molar-refractivity contribution in [2.75, 3.05) is 28.1 Å². The Hall–Kier alpha value is -2.64. The number of benzene rings is 2. The number of fused-ring (bicyclic) bond motifs is 1. The van der Waals surface area contributed by atoms with E-state index in [9.17, 15) is 5.11 Å². The summed E-state index contributed by atoms with van der Waals surface area (Å²) in [4.78, 5) is 0. The molecule has 4 rings (SSSR count). The molecular formula is C22H26O7. The topological polar surface area (TPSA) is 75.6 Å². The molecule has 2 aliphatic rings. The van der Waals surface area contributed by atoms with Gasteiger partial charge in [0.15, 0.2) is 29.3 Å². The van der Waals surface area contributed by atoms with E-state index in [0.717, 1.165) is 16.7 Å². The number of phenolic OH excluding ortho intramolecular Hbond substituents is 1. The summed E-state index contributed by atoms with van der Waals surface area (Å²) in [6.45, 7) is 4.39. The number of phenols is 1. The van der Waals surface area contributed by atoms with Crippen molar-refractivity contribution in [1.29, 1.82) is 0 Å². The minimum Gasteiger partial charge on any atom is -0.504 e. The minimum atomic E-state index is -0.298. The van der Waals surface area contributed by atoms with Crippen molar-refractivity contribution in [3.8, 4) is 39.9 Å². The second kappa shape index (κ2) is 7.65. The van der Waals surface area contributed by atoms with Gasteiger partial charge in [-0.25, -0.2) is 0 Å². The van der Waals surface area contributed by atoms with Gasteiger partial charge < -0.3 is 33.5 Å². The van der Waals surface area contributed by atoms with Gasteiger partial charge in [0.05, 0.1) is 20.3 Å². The summed E-state index contributed by atoms with van der Waals surface area (Å²) in [5, 5.41) is 10.0. The molecule has 0 amide bonds. The molecule has 4 atom stereocenters. The van der Waals surface area contributed by atoms with Crippen LogP contribution in [0, 0.1) is 11.8 Å². The Kier molecular flexibility index (Phi) is 5.19. The maximum Gasteiger partial charge on any atom is 0.231 e. The van der Waals surface area contributed by atoms with Crippen LogP contribution in [0.15, 0.2) is 24.3 Å². The third kappa shape index (κ3) is 3.14. The zero-order valence-electron chi connectivity index (χ0n) is 17.2. The highest BCUT2D eigenvalue weighted by Gasteiger charge is 2.42. The van der Waals surface area contributed by atoms with Crippen molar-refractivity contribution in [3.63, 3.8) is 0 Å². The first-order valence-corrected chi connectivity index (χ1v) is 9.56. The number of hydrogen-bond acceptors (Lipinski definition) is 7. The summed E-state index contributed by atoms with van der Waals surface area (Å²) in [7, 11) is 4.77. The standard InChI is InChI=1S/C22H26O7/c1-11-12(2)22(26-5)29-19(11)14-9-17-20(28-10-27-17)21(25-4)18(14)13-6-7-15(23)16(8-13)24-3/h6-9,11-12,19,22-23H,10H2,1-5H3. The molecule has 4 unspecified atom stereocenters. The molecule has 156 valence electrons. The van der Waals surface area contributed by atoms with Gasteiger partial charge in [-0.05, 0) is 35.2 Å². The summed E-state index contributed by atoms with van der Waals surface area (Å²) in [5.74, 6) is 2.59. The number of hydrogen-bond donors (Lipinski definition) is 1. The van der Waals surface area contributed by atoms with Gasteiger partial charge in [0.25, 0.3) is 0 Å². The fourth-order valence-electron chi connectivity index (χ4n) is 4.12. The number of ether oxygens (including phenoxy) is 6. The van der Waals surface area contributed by atoms with E-state index in [1.165, 1.54) is 7.11 Å². The molecule has 2 heterocycles. The van der Waals surface area contributed by atoms with E-state index in [4.69, 9.17) is 28.4 Å². The average Bonchev–Trinajstić information content (AvgIpc) is 3.31. The first-order valence-electron chi connectivity index (χ1n) is 9.56. The van der Waals surface area contributed by atoms with E-state index >= 15 is 0 Å². The van der Waals surface area contributed by atoms with Gasteiger partial charge in [-0.2, -0.15) is 0 Å². The third-order valence-corrected chi connectivity index (χ3v) is 5.88. The monoisotopic (exact) mass is 402 g/mol. The van der Waals surface area contributed by atoms with Crippen LogP contribution in [0.2, 0.25) is 0 Å². The molecular weight excluding hydrogens is 376 g/mol. The highest BCUT2D eigenvalue weighted by atomic mass is 16.7. The molecule has 1 saturated heterocycles. The van der Waals surface area contributed by atoms with Crippen LogP contribution < -0.4 is 18.9 Å². The van der Waals surface area contributed by atoms with Gasteiger partial charge in [0.1, 0.15) is 0 Å². The fourth-order valence-corrected chi connectivity index (χ4v) is 4.12. The molecule has 0 saturated carbocycles. The van der Waals surface area contributed by atoms with Gasteiger partial charge in [-0.15, -0.1) is 0 Å². The molecule has 7 heteroatoms. The molecule has 0 radical (unpaired) electrons. The molecule has 2 aliphatic heterocycles. The number of methoxy groups -OCH3 is 3. The van der Waals surface area contributed by atoms with Crippen molar-refractivity contribution in [2.45, 2.75) is 26.2 Å². The van der Waals surface area contributed by atoms with E-state index in [-0.39, 0.29) is 36.8 Å². The molecule has 2 aromatic rings. The van der Waals surface area contributed by atoms with Crippen LogP contribution in [0.3, 0.4) is 0 Å². The summed E-state index contributed by atoms with van der Waals surface area (Å²) in [6.07, 6.45) is -0.526. The molecule has 0 spiro atoms. The van der Waals surface area contributed by atoms with Crippen LogP contribution >= 0.6 is 0 Å². The van der Waals surface area contributed by atoms with Crippen molar-refractivity contribution in [3.05, 3.63) is 29.8 Å². The lowest BCUT2D eigenvalue weighted by molar-refractivity contribution is -0.130. The van der Waals surface area contributed by atoms with Crippen molar-refractivity contribution in [2.24, 2.45) is 11.8 Å². The van der Waals surface area contributed by atoms with Crippen LogP contribution in [0.1, 0.15) is 25.5 Å². The van der Waals surface area contributed by atoms with Crippen molar-refractivity contribution < 1.29 is 33.5 Å². The van der Waals surface area contributed by atoms with Crippen molar-refractivity contribution in [1.82, 2.24) is 0 Å². The maximum atomic E-state index is 10.0. The lowest BCUT2D eigenvalue weighted by Crippen LogP contribution is -2.17. The van der Waals surface area contributed by atoms with Crippen LogP contribution in [-0.2, 0) is 9.47 Å². The summed E-state index contributed by atoms with van der Waals surface area (Å²) < 4.78 is 34.2. The minimum absolute atomic E-state index is 0.0658. The summed E-state index contributed by atoms with van der Waals surface area (Å²) in [5.41, 5.74) is 2.54. The highest BCUT2D eigenvalue weighted by Crippen LogP contribution is 2.54. The number of rotatable bonds is 5. The Morgan fingerprint density at radius 1 is 1.00 bits per heavy atom. The molecule has 7 nitrogen and oxygen atoms in total. The van der Waals surface area contributed by atoms with E-state index in [1.807, 2.05) is 12.1 Å². The maximum absolute atomic E-state index is 10.0. The first-order chi connectivity index (χ1) is 14.0. The molecule has 0 bridgehead atoms. The van der Waals surface area contributed by atoms with E-state index in [2.05, 4.69) is 13.8 Å². The second-order valence-electron chi connectivity index (χ2n) is 7.37. The fraction of sp³-hybridized carbons (Fsp3) is 0.455. The Labute approximate surface area is 170 Å². The molecule has 2 aromatic carbocycles. The van der Waals surface area contributed by atoms with Crippen LogP contribution in [-0.4, -0.2) is 39.5 Å². The Morgan fingerprint density at radius 3 is 2.45 bits per heavy atom. The summed E-state index contributed by atoms with van der Waals surface area (Å²) in [6, 6.07) is 7.14. The lowest BCUT2D eigenvalue weighted by atomic mass is 9.85. The second-order valence-corrected chi connectivity index (χ2v) is 7.37. The predicted octanol–water partition coefficient (Wildman–Crippen LogP) is 4.12. The van der Waals surface area contributed by atoms with Gasteiger partial charge in [-0.3, -0.25) is 0 Å². The Morgan fingerprint density at radius 2 is 1.79 bits per heavy atom. The van der Waals surface area contributed by atoms with Gasteiger partial charge >= 0.3 is 0 Å². The largest absolute Gasteiger partial charge is 0.504 e. The molecule has 0 aliphatic carbocycles. The summed E-state index contributed by atoms with van der Waals surface area (Å²) >= 11 is 0. The normalized spacial score (nSPS) is 25.3. The average molecular weight is 402 g/mol. The lowest BCUT2D eigenvalue weighted by Gasteiger charge is -2.23. The molecule has 1 fully saturated rings.